The second-order valence-corrected chi connectivity index (χ2v) is 4.02. The first-order valence-corrected chi connectivity index (χ1v) is 5.61. The van der Waals surface area contributed by atoms with Crippen molar-refractivity contribution in [3.05, 3.63) is 42.8 Å². The van der Waals surface area contributed by atoms with Crippen LogP contribution < -0.4 is 0 Å². The maximum Gasteiger partial charge on any atom is 0.153 e. The first-order valence-electron chi connectivity index (χ1n) is 5.61. The maximum atomic E-state index is 5.43. The average Bonchev–Trinajstić information content (AvgIpc) is 3.00. The molecule has 3 aromatic heterocycles. The highest BCUT2D eigenvalue weighted by atomic mass is 16.3. The molecule has 0 aromatic carbocycles. The van der Waals surface area contributed by atoms with Crippen LogP contribution in [0.1, 0.15) is 5.82 Å². The summed E-state index contributed by atoms with van der Waals surface area (Å²) in [5.41, 5.74) is 1.63. The number of hydrogen-bond donors (Lipinski definition) is 0. The topological polar surface area (TPSA) is 56.7 Å². The fourth-order valence-corrected chi connectivity index (χ4v) is 1.86. The van der Waals surface area contributed by atoms with E-state index in [1.807, 2.05) is 36.9 Å². The lowest BCUT2D eigenvalue weighted by atomic mass is 10.1. The van der Waals surface area contributed by atoms with Crippen molar-refractivity contribution < 1.29 is 4.42 Å². The molecule has 0 atom stereocenters. The minimum atomic E-state index is 0.708. The fourth-order valence-electron chi connectivity index (χ4n) is 1.86. The van der Waals surface area contributed by atoms with E-state index in [0.717, 1.165) is 22.8 Å². The second-order valence-electron chi connectivity index (χ2n) is 4.02. The summed E-state index contributed by atoms with van der Waals surface area (Å²) in [4.78, 5) is 13.0. The molecule has 18 heavy (non-hydrogen) atoms. The normalized spacial score (nSPS) is 10.8. The first-order chi connectivity index (χ1) is 8.75. The second kappa shape index (κ2) is 4.10. The molecule has 0 radical (unpaired) electrons. The molecule has 0 spiro atoms. The molecule has 3 rings (SSSR count). The van der Waals surface area contributed by atoms with Crippen molar-refractivity contribution in [1.82, 2.24) is 19.5 Å². The summed E-state index contributed by atoms with van der Waals surface area (Å²) in [6.07, 6.45) is 7.06. The van der Waals surface area contributed by atoms with Gasteiger partial charge in [-0.15, -0.1) is 0 Å². The van der Waals surface area contributed by atoms with Gasteiger partial charge in [-0.25, -0.2) is 15.0 Å². The molecule has 0 N–H and O–H groups in total. The average molecular weight is 240 g/mol. The van der Waals surface area contributed by atoms with E-state index in [4.69, 9.17) is 4.42 Å². The molecule has 0 aliphatic heterocycles. The van der Waals surface area contributed by atoms with E-state index in [1.54, 1.807) is 18.7 Å². The third kappa shape index (κ3) is 1.69. The first kappa shape index (κ1) is 10.7. The molecule has 5 nitrogen and oxygen atoms in total. The summed E-state index contributed by atoms with van der Waals surface area (Å²) < 4.78 is 7.36. The highest BCUT2D eigenvalue weighted by Gasteiger charge is 2.15. The Labute approximate surface area is 104 Å². The Kier molecular flexibility index (Phi) is 2.44. The highest BCUT2D eigenvalue weighted by Crippen LogP contribution is 2.28. The molecule has 0 saturated heterocycles. The summed E-state index contributed by atoms with van der Waals surface area (Å²) in [6.45, 7) is 1.86. The van der Waals surface area contributed by atoms with Crippen LogP contribution in [0.4, 0.5) is 0 Å². The van der Waals surface area contributed by atoms with Gasteiger partial charge in [-0.2, -0.15) is 0 Å². The van der Waals surface area contributed by atoms with Gasteiger partial charge in [0.1, 0.15) is 17.3 Å². The smallest absolute Gasteiger partial charge is 0.153 e. The molecule has 0 saturated carbocycles. The van der Waals surface area contributed by atoms with Crippen molar-refractivity contribution in [2.24, 2.45) is 7.05 Å². The molecule has 0 unspecified atom stereocenters. The van der Waals surface area contributed by atoms with Gasteiger partial charge < -0.3 is 8.98 Å². The zero-order valence-corrected chi connectivity index (χ0v) is 10.2. The van der Waals surface area contributed by atoms with E-state index in [0.29, 0.717) is 5.82 Å². The van der Waals surface area contributed by atoms with Crippen molar-refractivity contribution in [2.75, 3.05) is 0 Å². The molecule has 90 valence electrons. The SMILES string of the molecule is Cc1ncc(-c2nccn2C)c(-c2ccco2)n1. The number of rotatable bonds is 2. The summed E-state index contributed by atoms with van der Waals surface area (Å²) in [5, 5.41) is 0. The molecule has 0 aliphatic carbocycles. The van der Waals surface area contributed by atoms with Crippen molar-refractivity contribution in [3.8, 4) is 22.8 Å². The lowest BCUT2D eigenvalue weighted by Crippen LogP contribution is -1.98. The molecule has 0 fully saturated rings. The molecule has 0 aliphatic rings. The van der Waals surface area contributed by atoms with E-state index >= 15 is 0 Å². The Morgan fingerprint density at radius 3 is 2.83 bits per heavy atom. The lowest BCUT2D eigenvalue weighted by Gasteiger charge is -2.07. The summed E-state index contributed by atoms with van der Waals surface area (Å²) >= 11 is 0. The maximum absolute atomic E-state index is 5.43. The predicted octanol–water partition coefficient (Wildman–Crippen LogP) is 2.45. The number of aryl methyl sites for hydroxylation is 2. The standard InChI is InChI=1S/C13H12N4O/c1-9-15-8-10(13-14-5-6-17(13)2)12(16-9)11-4-3-7-18-11/h3-8H,1-2H3. The third-order valence-corrected chi connectivity index (χ3v) is 2.73. The van der Waals surface area contributed by atoms with Gasteiger partial charge in [-0.3, -0.25) is 0 Å². The monoisotopic (exact) mass is 240 g/mol. The van der Waals surface area contributed by atoms with Crippen LogP contribution in [-0.2, 0) is 7.05 Å². The van der Waals surface area contributed by atoms with E-state index in [2.05, 4.69) is 15.0 Å². The molecule has 5 heteroatoms. The van der Waals surface area contributed by atoms with Crippen molar-refractivity contribution >= 4 is 0 Å². The summed E-state index contributed by atoms with van der Waals surface area (Å²) in [7, 11) is 1.94. The molecule has 0 amide bonds. The number of imidazole rings is 1. The Hall–Kier alpha value is -2.43. The summed E-state index contributed by atoms with van der Waals surface area (Å²) in [5.74, 6) is 2.25. The molecule has 3 aromatic rings. The van der Waals surface area contributed by atoms with Crippen molar-refractivity contribution in [1.29, 1.82) is 0 Å². The third-order valence-electron chi connectivity index (χ3n) is 2.73. The van der Waals surface area contributed by atoms with Gasteiger partial charge in [0.05, 0.1) is 11.8 Å². The van der Waals surface area contributed by atoms with Crippen LogP contribution in [0.2, 0.25) is 0 Å². The fraction of sp³-hybridized carbons (Fsp3) is 0.154. The molecule has 3 heterocycles. The Morgan fingerprint density at radius 1 is 1.28 bits per heavy atom. The van der Waals surface area contributed by atoms with Gasteiger partial charge in [0, 0.05) is 25.6 Å². The van der Waals surface area contributed by atoms with E-state index in [1.165, 1.54) is 0 Å². The van der Waals surface area contributed by atoms with Crippen LogP contribution in [0.5, 0.6) is 0 Å². The predicted molar refractivity (Wildman–Crippen MR) is 66.7 cm³/mol. The van der Waals surface area contributed by atoms with Crippen LogP contribution in [-0.4, -0.2) is 19.5 Å². The van der Waals surface area contributed by atoms with Gasteiger partial charge in [0.2, 0.25) is 0 Å². The van der Waals surface area contributed by atoms with Gasteiger partial charge in [0.15, 0.2) is 5.76 Å². The lowest BCUT2D eigenvalue weighted by molar-refractivity contribution is 0.579. The van der Waals surface area contributed by atoms with E-state index in [-0.39, 0.29) is 0 Å². The zero-order chi connectivity index (χ0) is 12.5. The quantitative estimate of drug-likeness (QED) is 0.690. The Bertz CT molecular complexity index is 670. The largest absolute Gasteiger partial charge is 0.463 e. The Morgan fingerprint density at radius 2 is 2.17 bits per heavy atom. The molecular weight excluding hydrogens is 228 g/mol. The number of nitrogens with zero attached hydrogens (tertiary/aromatic N) is 4. The van der Waals surface area contributed by atoms with Crippen molar-refractivity contribution in [2.45, 2.75) is 6.92 Å². The molecular formula is C13H12N4O. The van der Waals surface area contributed by atoms with E-state index < -0.39 is 0 Å². The van der Waals surface area contributed by atoms with Crippen molar-refractivity contribution in [3.63, 3.8) is 0 Å². The Balaban J connectivity index is 2.24. The minimum Gasteiger partial charge on any atom is -0.463 e. The van der Waals surface area contributed by atoms with E-state index in [9.17, 15) is 0 Å². The number of furan rings is 1. The summed E-state index contributed by atoms with van der Waals surface area (Å²) in [6, 6.07) is 3.73. The van der Waals surface area contributed by atoms with Crippen LogP contribution in [0.3, 0.4) is 0 Å². The van der Waals surface area contributed by atoms with Crippen LogP contribution >= 0.6 is 0 Å². The van der Waals surface area contributed by atoms with Crippen LogP contribution in [0, 0.1) is 6.92 Å². The highest BCUT2D eigenvalue weighted by molar-refractivity contribution is 5.74. The van der Waals surface area contributed by atoms with Crippen LogP contribution in [0.25, 0.3) is 22.8 Å². The zero-order valence-electron chi connectivity index (χ0n) is 10.2. The number of aromatic nitrogens is 4. The number of hydrogen-bond acceptors (Lipinski definition) is 4. The molecule has 0 bridgehead atoms. The van der Waals surface area contributed by atoms with Crippen LogP contribution in [0.15, 0.2) is 41.4 Å². The van der Waals surface area contributed by atoms with Gasteiger partial charge in [0.25, 0.3) is 0 Å². The van der Waals surface area contributed by atoms with Gasteiger partial charge in [-0.05, 0) is 19.1 Å². The van der Waals surface area contributed by atoms with Gasteiger partial charge in [-0.1, -0.05) is 0 Å². The van der Waals surface area contributed by atoms with Gasteiger partial charge >= 0.3 is 0 Å². The minimum absolute atomic E-state index is 0.708.